The molecule has 0 N–H and O–H groups in total. The molecule has 0 radical (unpaired) electrons. The first-order valence-corrected chi connectivity index (χ1v) is 7.30. The third kappa shape index (κ3) is 3.13. The van der Waals surface area contributed by atoms with Gasteiger partial charge in [-0.25, -0.2) is 9.37 Å². The molecule has 1 unspecified atom stereocenters. The van der Waals surface area contributed by atoms with Crippen LogP contribution in [-0.4, -0.2) is 28.4 Å². The highest BCUT2D eigenvalue weighted by Crippen LogP contribution is 2.23. The minimum absolute atomic E-state index is 0.0641. The molecule has 1 saturated heterocycles. The van der Waals surface area contributed by atoms with Crippen molar-refractivity contribution in [1.29, 1.82) is 0 Å². The zero-order valence-corrected chi connectivity index (χ0v) is 12.0. The summed E-state index contributed by atoms with van der Waals surface area (Å²) < 4.78 is 26.1. The summed E-state index contributed by atoms with van der Waals surface area (Å²) in [6.07, 6.45) is 3.80. The van der Waals surface area contributed by atoms with E-state index in [1.165, 1.54) is 24.4 Å². The molecule has 22 heavy (non-hydrogen) atoms. The van der Waals surface area contributed by atoms with E-state index < -0.39 is 5.95 Å². The van der Waals surface area contributed by atoms with Crippen LogP contribution in [0, 0.1) is 11.8 Å². The fourth-order valence-corrected chi connectivity index (χ4v) is 2.91. The zero-order valence-electron chi connectivity index (χ0n) is 12.0. The number of hydrogen-bond acceptors (Lipinski definition) is 2. The molecule has 5 heteroatoms. The van der Waals surface area contributed by atoms with Gasteiger partial charge in [-0.2, -0.15) is 4.39 Å². The maximum absolute atomic E-state index is 13.2. The van der Waals surface area contributed by atoms with Gasteiger partial charge >= 0.3 is 0 Å². The molecular weight excluding hydrogens is 286 g/mol. The lowest BCUT2D eigenvalue weighted by molar-refractivity contribution is 0.0735. The van der Waals surface area contributed by atoms with Crippen molar-refractivity contribution in [1.82, 2.24) is 9.88 Å². The number of hydrogen-bond donors (Lipinski definition) is 0. The Balaban J connectivity index is 1.75. The van der Waals surface area contributed by atoms with Crippen molar-refractivity contribution in [2.24, 2.45) is 0 Å². The molecule has 0 aliphatic carbocycles. The van der Waals surface area contributed by atoms with Crippen LogP contribution >= 0.6 is 0 Å². The van der Waals surface area contributed by atoms with Crippen LogP contribution in [0.2, 0.25) is 0 Å². The van der Waals surface area contributed by atoms with Crippen LogP contribution in [-0.2, 0) is 6.42 Å². The molecule has 1 amide bonds. The second kappa shape index (κ2) is 6.22. The molecule has 1 fully saturated rings. The summed E-state index contributed by atoms with van der Waals surface area (Å²) in [5.74, 6) is -1.10. The van der Waals surface area contributed by atoms with E-state index in [1.54, 1.807) is 17.0 Å². The van der Waals surface area contributed by atoms with Crippen LogP contribution in [0.4, 0.5) is 8.78 Å². The summed E-state index contributed by atoms with van der Waals surface area (Å²) >= 11 is 0. The Morgan fingerprint density at radius 2 is 2.00 bits per heavy atom. The largest absolute Gasteiger partial charge is 0.335 e. The van der Waals surface area contributed by atoms with E-state index in [9.17, 15) is 13.6 Å². The standard InChI is InChI=1S/C17H16F2N2O/c18-14-5-3-12(4-6-14)10-15-2-1-9-21(15)17(22)13-7-8-20-16(19)11-13/h3-8,11,15H,1-2,9-10H2. The van der Waals surface area contributed by atoms with Crippen molar-refractivity contribution >= 4 is 5.91 Å². The van der Waals surface area contributed by atoms with Gasteiger partial charge in [0.05, 0.1) is 0 Å². The molecule has 3 rings (SSSR count). The average Bonchev–Trinajstić information content (AvgIpc) is 2.97. The lowest BCUT2D eigenvalue weighted by Crippen LogP contribution is -2.36. The van der Waals surface area contributed by atoms with Gasteiger partial charge in [-0.1, -0.05) is 12.1 Å². The zero-order chi connectivity index (χ0) is 15.5. The maximum atomic E-state index is 13.2. The highest BCUT2D eigenvalue weighted by molar-refractivity contribution is 5.94. The Hall–Kier alpha value is -2.30. The second-order valence-corrected chi connectivity index (χ2v) is 5.49. The van der Waals surface area contributed by atoms with E-state index in [-0.39, 0.29) is 17.8 Å². The summed E-state index contributed by atoms with van der Waals surface area (Å²) in [5.41, 5.74) is 1.31. The van der Waals surface area contributed by atoms with Gasteiger partial charge in [0, 0.05) is 30.4 Å². The van der Waals surface area contributed by atoms with Gasteiger partial charge in [-0.05, 0) is 43.0 Å². The van der Waals surface area contributed by atoms with Crippen molar-refractivity contribution in [3.63, 3.8) is 0 Å². The van der Waals surface area contributed by atoms with E-state index in [2.05, 4.69) is 4.98 Å². The van der Waals surface area contributed by atoms with Gasteiger partial charge < -0.3 is 4.90 Å². The predicted octanol–water partition coefficient (Wildman–Crippen LogP) is 3.21. The molecule has 1 atom stereocenters. The lowest BCUT2D eigenvalue weighted by Gasteiger charge is -2.25. The highest BCUT2D eigenvalue weighted by atomic mass is 19.1. The van der Waals surface area contributed by atoms with E-state index in [4.69, 9.17) is 0 Å². The number of nitrogens with zero attached hydrogens (tertiary/aromatic N) is 2. The van der Waals surface area contributed by atoms with E-state index >= 15 is 0 Å². The van der Waals surface area contributed by atoms with Crippen LogP contribution in [0.15, 0.2) is 42.6 Å². The first-order chi connectivity index (χ1) is 10.6. The first-order valence-electron chi connectivity index (χ1n) is 7.30. The Labute approximate surface area is 127 Å². The molecule has 0 saturated carbocycles. The summed E-state index contributed by atoms with van der Waals surface area (Å²) in [6.45, 7) is 0.661. The molecule has 3 nitrogen and oxygen atoms in total. The molecule has 1 aromatic carbocycles. The predicted molar refractivity (Wildman–Crippen MR) is 78.4 cm³/mol. The van der Waals surface area contributed by atoms with Crippen molar-refractivity contribution in [3.8, 4) is 0 Å². The van der Waals surface area contributed by atoms with Crippen molar-refractivity contribution in [2.45, 2.75) is 25.3 Å². The monoisotopic (exact) mass is 302 g/mol. The smallest absolute Gasteiger partial charge is 0.254 e. The number of likely N-dealkylation sites (tertiary alicyclic amines) is 1. The minimum Gasteiger partial charge on any atom is -0.335 e. The van der Waals surface area contributed by atoms with Crippen LogP contribution in [0.3, 0.4) is 0 Å². The third-order valence-corrected chi connectivity index (χ3v) is 4.00. The normalized spacial score (nSPS) is 17.7. The Morgan fingerprint density at radius 3 is 2.73 bits per heavy atom. The maximum Gasteiger partial charge on any atom is 0.254 e. The minimum atomic E-state index is -0.653. The average molecular weight is 302 g/mol. The van der Waals surface area contributed by atoms with E-state index in [0.29, 0.717) is 18.5 Å². The van der Waals surface area contributed by atoms with Gasteiger partial charge in [-0.15, -0.1) is 0 Å². The Bertz CT molecular complexity index is 673. The molecule has 0 spiro atoms. The topological polar surface area (TPSA) is 33.2 Å². The molecule has 114 valence electrons. The second-order valence-electron chi connectivity index (χ2n) is 5.49. The van der Waals surface area contributed by atoms with Gasteiger partial charge in [0.15, 0.2) is 0 Å². The van der Waals surface area contributed by atoms with Crippen LogP contribution in [0.5, 0.6) is 0 Å². The Morgan fingerprint density at radius 1 is 1.23 bits per heavy atom. The number of aromatic nitrogens is 1. The molecule has 1 aromatic heterocycles. The fraction of sp³-hybridized carbons (Fsp3) is 0.294. The van der Waals surface area contributed by atoms with Crippen molar-refractivity contribution in [3.05, 3.63) is 65.5 Å². The number of carbonyl (C=O) groups is 1. The summed E-state index contributed by atoms with van der Waals surface area (Å²) in [7, 11) is 0. The lowest BCUT2D eigenvalue weighted by atomic mass is 10.0. The van der Waals surface area contributed by atoms with Crippen molar-refractivity contribution in [2.75, 3.05) is 6.54 Å². The first kappa shape index (κ1) is 14.6. The molecule has 2 aromatic rings. The number of benzene rings is 1. The highest BCUT2D eigenvalue weighted by Gasteiger charge is 2.29. The molecule has 1 aliphatic rings. The Kier molecular flexibility index (Phi) is 4.13. The summed E-state index contributed by atoms with van der Waals surface area (Å²) in [5, 5.41) is 0. The number of rotatable bonds is 3. The fourth-order valence-electron chi connectivity index (χ4n) is 2.91. The number of amides is 1. The van der Waals surface area contributed by atoms with Crippen LogP contribution < -0.4 is 0 Å². The molecular formula is C17H16F2N2O. The third-order valence-electron chi connectivity index (χ3n) is 4.00. The van der Waals surface area contributed by atoms with Crippen molar-refractivity contribution < 1.29 is 13.6 Å². The quantitative estimate of drug-likeness (QED) is 0.816. The van der Waals surface area contributed by atoms with E-state index in [0.717, 1.165) is 24.5 Å². The molecule has 1 aliphatic heterocycles. The molecule has 0 bridgehead atoms. The summed E-state index contributed by atoms with van der Waals surface area (Å²) in [6, 6.07) is 9.08. The van der Waals surface area contributed by atoms with Crippen LogP contribution in [0.25, 0.3) is 0 Å². The number of carbonyl (C=O) groups excluding carboxylic acids is 1. The van der Waals surface area contributed by atoms with E-state index in [1.807, 2.05) is 0 Å². The molecule has 2 heterocycles. The number of pyridine rings is 1. The van der Waals surface area contributed by atoms with Gasteiger partial charge in [0.25, 0.3) is 5.91 Å². The van der Waals surface area contributed by atoms with Gasteiger partial charge in [-0.3, -0.25) is 4.79 Å². The number of halogens is 2. The SMILES string of the molecule is O=C(c1ccnc(F)c1)N1CCCC1Cc1ccc(F)cc1. The summed E-state index contributed by atoms with van der Waals surface area (Å²) in [4.78, 5) is 17.8. The van der Waals surface area contributed by atoms with Gasteiger partial charge in [0.1, 0.15) is 5.82 Å². The van der Waals surface area contributed by atoms with Crippen LogP contribution in [0.1, 0.15) is 28.8 Å². The van der Waals surface area contributed by atoms with Gasteiger partial charge in [0.2, 0.25) is 5.95 Å².